The summed E-state index contributed by atoms with van der Waals surface area (Å²) < 4.78 is 26.0. The first kappa shape index (κ1) is 13.1. The van der Waals surface area contributed by atoms with Crippen LogP contribution in [0.15, 0.2) is 18.2 Å². The lowest BCUT2D eigenvalue weighted by Gasteiger charge is -2.09. The van der Waals surface area contributed by atoms with Crippen molar-refractivity contribution in [3.63, 3.8) is 0 Å². The molecule has 1 aromatic heterocycles. The van der Waals surface area contributed by atoms with Gasteiger partial charge in [-0.05, 0) is 31.0 Å². The molecule has 0 saturated carbocycles. The van der Waals surface area contributed by atoms with E-state index in [2.05, 4.69) is 4.98 Å². The highest BCUT2D eigenvalue weighted by molar-refractivity contribution is 7.11. The molecule has 96 valence electrons. The van der Waals surface area contributed by atoms with Crippen molar-refractivity contribution in [2.45, 2.75) is 26.3 Å². The van der Waals surface area contributed by atoms with E-state index in [1.165, 1.54) is 17.4 Å². The summed E-state index contributed by atoms with van der Waals surface area (Å²) in [7, 11) is 0. The van der Waals surface area contributed by atoms with Gasteiger partial charge in [0.1, 0.15) is 5.01 Å². The zero-order valence-corrected chi connectivity index (χ0v) is 11.0. The van der Waals surface area contributed by atoms with Crippen LogP contribution in [0.5, 0.6) is 0 Å². The van der Waals surface area contributed by atoms with Gasteiger partial charge in [0.25, 0.3) is 0 Å². The number of hydrogen-bond acceptors (Lipinski definition) is 3. The normalized spacial score (nSPS) is 12.7. The third-order valence-corrected chi connectivity index (χ3v) is 3.91. The first-order valence-electron chi connectivity index (χ1n) is 5.69. The fraction of sp³-hybridized carbons (Fsp3) is 0.308. The molecule has 18 heavy (non-hydrogen) atoms. The lowest BCUT2D eigenvalue weighted by atomic mass is 10.1. The van der Waals surface area contributed by atoms with Crippen LogP contribution in [0, 0.1) is 18.6 Å². The standard InChI is InChI=1S/C13H14F2N2S/c1-3-11-7(2)18-13(17-11)12(16)8-4-5-9(14)10(15)6-8/h4-6,12H,3,16H2,1-2H3. The van der Waals surface area contributed by atoms with Crippen molar-refractivity contribution in [3.05, 3.63) is 51.0 Å². The number of rotatable bonds is 3. The fourth-order valence-corrected chi connectivity index (χ4v) is 2.80. The predicted octanol–water partition coefficient (Wildman–Crippen LogP) is 3.34. The molecule has 1 aromatic carbocycles. The molecule has 0 aliphatic heterocycles. The van der Waals surface area contributed by atoms with E-state index in [1.54, 1.807) is 0 Å². The van der Waals surface area contributed by atoms with Crippen molar-refractivity contribution in [2.24, 2.45) is 5.73 Å². The number of benzene rings is 1. The summed E-state index contributed by atoms with van der Waals surface area (Å²) in [5.74, 6) is -1.75. The minimum Gasteiger partial charge on any atom is -0.318 e. The minimum atomic E-state index is -0.882. The number of hydrogen-bond donors (Lipinski definition) is 1. The Balaban J connectivity index is 2.34. The molecule has 2 aromatic rings. The van der Waals surface area contributed by atoms with Crippen LogP contribution in [0.3, 0.4) is 0 Å². The van der Waals surface area contributed by atoms with E-state index in [0.29, 0.717) is 5.56 Å². The number of nitrogens with zero attached hydrogens (tertiary/aromatic N) is 1. The number of halogens is 2. The van der Waals surface area contributed by atoms with Gasteiger partial charge in [-0.25, -0.2) is 13.8 Å². The zero-order chi connectivity index (χ0) is 13.3. The van der Waals surface area contributed by atoms with E-state index in [-0.39, 0.29) is 0 Å². The lowest BCUT2D eigenvalue weighted by Crippen LogP contribution is -2.12. The van der Waals surface area contributed by atoms with Crippen LogP contribution in [-0.4, -0.2) is 4.98 Å². The van der Waals surface area contributed by atoms with Crippen molar-refractivity contribution in [3.8, 4) is 0 Å². The van der Waals surface area contributed by atoms with Gasteiger partial charge in [0.05, 0.1) is 11.7 Å². The number of nitrogens with two attached hydrogens (primary N) is 1. The molecule has 2 rings (SSSR count). The Hall–Kier alpha value is -1.33. The smallest absolute Gasteiger partial charge is 0.159 e. The lowest BCUT2D eigenvalue weighted by molar-refractivity contribution is 0.506. The first-order valence-corrected chi connectivity index (χ1v) is 6.51. The molecule has 0 fully saturated rings. The van der Waals surface area contributed by atoms with Crippen LogP contribution >= 0.6 is 11.3 Å². The molecule has 0 radical (unpaired) electrons. The average Bonchev–Trinajstić information content (AvgIpc) is 2.73. The van der Waals surface area contributed by atoms with Gasteiger partial charge >= 0.3 is 0 Å². The van der Waals surface area contributed by atoms with E-state index in [0.717, 1.165) is 34.1 Å². The van der Waals surface area contributed by atoms with E-state index in [9.17, 15) is 8.78 Å². The number of aryl methyl sites for hydroxylation is 2. The Labute approximate surface area is 108 Å². The Morgan fingerprint density at radius 3 is 2.61 bits per heavy atom. The molecule has 0 bridgehead atoms. The highest BCUT2D eigenvalue weighted by Gasteiger charge is 2.16. The SMILES string of the molecule is CCc1nc(C(N)c2ccc(F)c(F)c2)sc1C. The molecule has 1 unspecified atom stereocenters. The molecule has 0 saturated heterocycles. The summed E-state index contributed by atoms with van der Waals surface area (Å²) in [5, 5.41) is 0.732. The molecule has 0 aliphatic rings. The van der Waals surface area contributed by atoms with E-state index in [4.69, 9.17) is 5.73 Å². The maximum Gasteiger partial charge on any atom is 0.159 e. The fourth-order valence-electron chi connectivity index (χ4n) is 1.76. The van der Waals surface area contributed by atoms with Crippen molar-refractivity contribution in [2.75, 3.05) is 0 Å². The van der Waals surface area contributed by atoms with Crippen molar-refractivity contribution >= 4 is 11.3 Å². The van der Waals surface area contributed by atoms with Gasteiger partial charge in [-0.2, -0.15) is 0 Å². The van der Waals surface area contributed by atoms with E-state index >= 15 is 0 Å². The Bertz CT molecular complexity index is 566. The maximum atomic E-state index is 13.2. The van der Waals surface area contributed by atoms with Gasteiger partial charge in [0.15, 0.2) is 11.6 Å². The minimum absolute atomic E-state index is 0.510. The second kappa shape index (κ2) is 5.12. The highest BCUT2D eigenvalue weighted by atomic mass is 32.1. The van der Waals surface area contributed by atoms with Crippen LogP contribution in [-0.2, 0) is 6.42 Å². The number of aromatic nitrogens is 1. The summed E-state index contributed by atoms with van der Waals surface area (Å²) in [5.41, 5.74) is 7.57. The topological polar surface area (TPSA) is 38.9 Å². The molecule has 1 atom stereocenters. The van der Waals surface area contributed by atoms with Crippen molar-refractivity contribution in [1.29, 1.82) is 0 Å². The predicted molar refractivity (Wildman–Crippen MR) is 68.6 cm³/mol. The van der Waals surface area contributed by atoms with Gasteiger partial charge in [-0.3, -0.25) is 0 Å². The molecule has 0 amide bonds. The summed E-state index contributed by atoms with van der Waals surface area (Å²) in [6.07, 6.45) is 0.840. The van der Waals surface area contributed by atoms with Gasteiger partial charge < -0.3 is 5.73 Å². The second-order valence-electron chi connectivity index (χ2n) is 4.06. The molecular formula is C13H14F2N2S. The molecule has 2 nitrogen and oxygen atoms in total. The van der Waals surface area contributed by atoms with Crippen LogP contribution in [0.2, 0.25) is 0 Å². The van der Waals surface area contributed by atoms with Gasteiger partial charge in [0, 0.05) is 4.88 Å². The molecule has 2 N–H and O–H groups in total. The van der Waals surface area contributed by atoms with Crippen LogP contribution in [0.1, 0.15) is 34.1 Å². The van der Waals surface area contributed by atoms with Crippen molar-refractivity contribution < 1.29 is 8.78 Å². The Kier molecular flexibility index (Phi) is 3.73. The Morgan fingerprint density at radius 1 is 1.33 bits per heavy atom. The van der Waals surface area contributed by atoms with Gasteiger partial charge in [-0.1, -0.05) is 13.0 Å². The number of thiazole rings is 1. The summed E-state index contributed by atoms with van der Waals surface area (Å²) in [6.45, 7) is 4.01. The van der Waals surface area contributed by atoms with Crippen LogP contribution in [0.4, 0.5) is 8.78 Å². The molecule has 0 spiro atoms. The monoisotopic (exact) mass is 268 g/mol. The molecule has 0 aliphatic carbocycles. The van der Waals surface area contributed by atoms with Gasteiger partial charge in [-0.15, -0.1) is 11.3 Å². The molecule has 1 heterocycles. The highest BCUT2D eigenvalue weighted by Crippen LogP contribution is 2.27. The second-order valence-corrected chi connectivity index (χ2v) is 5.29. The average molecular weight is 268 g/mol. The van der Waals surface area contributed by atoms with Gasteiger partial charge in [0.2, 0.25) is 0 Å². The maximum absolute atomic E-state index is 13.2. The summed E-state index contributed by atoms with van der Waals surface area (Å²) in [4.78, 5) is 5.55. The van der Waals surface area contributed by atoms with Crippen molar-refractivity contribution in [1.82, 2.24) is 4.98 Å². The zero-order valence-electron chi connectivity index (χ0n) is 10.2. The molecular weight excluding hydrogens is 254 g/mol. The third-order valence-electron chi connectivity index (χ3n) is 2.81. The quantitative estimate of drug-likeness (QED) is 0.927. The summed E-state index contributed by atoms with van der Waals surface area (Å²) in [6, 6.07) is 3.20. The van der Waals surface area contributed by atoms with E-state index < -0.39 is 17.7 Å². The first-order chi connectivity index (χ1) is 8.52. The van der Waals surface area contributed by atoms with Crippen LogP contribution in [0.25, 0.3) is 0 Å². The third kappa shape index (κ3) is 2.42. The molecule has 5 heteroatoms. The largest absolute Gasteiger partial charge is 0.318 e. The Morgan fingerprint density at radius 2 is 2.06 bits per heavy atom. The van der Waals surface area contributed by atoms with E-state index in [1.807, 2.05) is 13.8 Å². The van der Waals surface area contributed by atoms with Crippen LogP contribution < -0.4 is 5.73 Å². The summed E-state index contributed by atoms with van der Waals surface area (Å²) >= 11 is 1.50.